The van der Waals surface area contributed by atoms with Gasteiger partial charge >= 0.3 is 5.97 Å². The molecule has 1 spiro atoms. The van der Waals surface area contributed by atoms with Gasteiger partial charge in [-0.1, -0.05) is 51.2 Å². The van der Waals surface area contributed by atoms with Crippen molar-refractivity contribution in [2.75, 3.05) is 6.61 Å². The van der Waals surface area contributed by atoms with E-state index in [2.05, 4.69) is 20.4 Å². The number of ether oxygens (including phenoxy) is 1. The summed E-state index contributed by atoms with van der Waals surface area (Å²) in [4.78, 5) is 26.7. The average Bonchev–Trinajstić information content (AvgIpc) is 3.23. The third-order valence-electron chi connectivity index (χ3n) is 9.10. The summed E-state index contributed by atoms with van der Waals surface area (Å²) >= 11 is 0. The molecule has 34 heavy (non-hydrogen) atoms. The minimum Gasteiger partial charge on any atom is -0.451 e. The molecule has 6 heteroatoms. The van der Waals surface area contributed by atoms with Crippen molar-refractivity contribution in [3.8, 4) is 0 Å². The Bertz CT molecular complexity index is 1060. The maximum absolute atomic E-state index is 13.9. The molecular weight excluding hydrogens is 432 g/mol. The van der Waals surface area contributed by atoms with Gasteiger partial charge in [0.05, 0.1) is 12.0 Å². The van der Waals surface area contributed by atoms with E-state index in [0.717, 1.165) is 11.1 Å². The van der Waals surface area contributed by atoms with Crippen molar-refractivity contribution in [3.05, 3.63) is 59.3 Å². The van der Waals surface area contributed by atoms with Crippen molar-refractivity contribution < 1.29 is 29.6 Å². The summed E-state index contributed by atoms with van der Waals surface area (Å²) in [5.41, 5.74) is -1.31. The summed E-state index contributed by atoms with van der Waals surface area (Å²) in [6.45, 7) is 13.0. The van der Waals surface area contributed by atoms with Crippen LogP contribution in [0.4, 0.5) is 0 Å². The zero-order valence-corrected chi connectivity index (χ0v) is 20.7. The molecule has 2 saturated carbocycles. The van der Waals surface area contributed by atoms with Gasteiger partial charge < -0.3 is 20.1 Å². The number of esters is 1. The zero-order valence-electron chi connectivity index (χ0n) is 20.7. The van der Waals surface area contributed by atoms with Crippen LogP contribution in [0.15, 0.2) is 59.3 Å². The molecule has 2 fully saturated rings. The molecule has 0 radical (unpaired) electrons. The second-order valence-corrected chi connectivity index (χ2v) is 11.0. The van der Waals surface area contributed by atoms with Crippen molar-refractivity contribution >= 4 is 11.8 Å². The normalized spacial score (nSPS) is 40.8. The predicted octanol–water partition coefficient (Wildman–Crippen LogP) is 3.20. The molecule has 3 N–H and O–H groups in total. The van der Waals surface area contributed by atoms with E-state index in [1.54, 1.807) is 31.2 Å². The first-order valence-corrected chi connectivity index (χ1v) is 12.0. The molecule has 0 aromatic carbocycles. The second kappa shape index (κ2) is 8.14. The maximum atomic E-state index is 13.9. The SMILES string of the molecule is C=CC(C=CC(=O)OC1C(C)=CC23C(=O)CC(=C(CO)C(O)C12O)C1C(CC3C)C1(C)C)=CC. The van der Waals surface area contributed by atoms with Crippen LogP contribution in [-0.2, 0) is 14.3 Å². The van der Waals surface area contributed by atoms with Crippen LogP contribution in [0.25, 0.3) is 0 Å². The molecular formula is C28H36O6. The Balaban J connectivity index is 1.83. The number of allylic oxidation sites excluding steroid dienone is 5. The Morgan fingerprint density at radius 1 is 1.32 bits per heavy atom. The van der Waals surface area contributed by atoms with Crippen LogP contribution < -0.4 is 0 Å². The molecule has 4 rings (SSSR count). The van der Waals surface area contributed by atoms with Gasteiger partial charge in [0.1, 0.15) is 11.9 Å². The average molecular weight is 469 g/mol. The molecule has 0 saturated heterocycles. The number of rotatable bonds is 5. The fourth-order valence-electron chi connectivity index (χ4n) is 7.20. The lowest BCUT2D eigenvalue weighted by atomic mass is 9.59. The van der Waals surface area contributed by atoms with Gasteiger partial charge in [0.25, 0.3) is 0 Å². The number of aliphatic hydroxyl groups is 3. The molecule has 4 aliphatic rings. The summed E-state index contributed by atoms with van der Waals surface area (Å²) in [7, 11) is 0. The fraction of sp³-hybridized carbons (Fsp3) is 0.571. The summed E-state index contributed by atoms with van der Waals surface area (Å²) in [6.07, 6.45) is 5.88. The monoisotopic (exact) mass is 468 g/mol. The van der Waals surface area contributed by atoms with Crippen LogP contribution >= 0.6 is 0 Å². The van der Waals surface area contributed by atoms with Crippen LogP contribution in [0.1, 0.15) is 47.5 Å². The third-order valence-corrected chi connectivity index (χ3v) is 9.10. The highest BCUT2D eigenvalue weighted by Gasteiger charge is 2.74. The van der Waals surface area contributed by atoms with E-state index >= 15 is 0 Å². The van der Waals surface area contributed by atoms with E-state index in [9.17, 15) is 24.9 Å². The minimum atomic E-state index is -2.11. The summed E-state index contributed by atoms with van der Waals surface area (Å²) in [5.74, 6) is -0.832. The number of carbonyl (C=O) groups excluding carboxylic acids is 2. The summed E-state index contributed by atoms with van der Waals surface area (Å²) in [6, 6.07) is 0. The molecule has 7 atom stereocenters. The standard InChI is InChI=1S/C28H36O6/c1-7-17(8-2)9-10-22(31)34-25-15(3)13-27-16(4)11-20-23(26(20,5)6)18(12-21(27)30)19(14-29)24(32)28(25,27)33/h7-10,13,16,20,23-25,29,32-33H,1,11-12,14H2,2-6H3. The largest absolute Gasteiger partial charge is 0.451 e. The Morgan fingerprint density at radius 2 is 2.00 bits per heavy atom. The lowest BCUT2D eigenvalue weighted by Gasteiger charge is -2.48. The summed E-state index contributed by atoms with van der Waals surface area (Å²) in [5, 5.41) is 34.3. The fourth-order valence-corrected chi connectivity index (χ4v) is 7.20. The molecule has 7 unspecified atom stereocenters. The molecule has 0 aromatic heterocycles. The van der Waals surface area contributed by atoms with Crippen LogP contribution in [0, 0.1) is 28.6 Å². The number of hydrogen-bond donors (Lipinski definition) is 3. The second-order valence-electron chi connectivity index (χ2n) is 11.0. The van der Waals surface area contributed by atoms with Crippen molar-refractivity contribution in [3.63, 3.8) is 0 Å². The predicted molar refractivity (Wildman–Crippen MR) is 128 cm³/mol. The molecule has 184 valence electrons. The first-order chi connectivity index (χ1) is 15.9. The van der Waals surface area contributed by atoms with Crippen molar-refractivity contribution in [1.29, 1.82) is 0 Å². The molecule has 6 nitrogen and oxygen atoms in total. The van der Waals surface area contributed by atoms with E-state index in [-0.39, 0.29) is 40.9 Å². The van der Waals surface area contributed by atoms with E-state index in [0.29, 0.717) is 12.0 Å². The summed E-state index contributed by atoms with van der Waals surface area (Å²) < 4.78 is 5.73. The molecule has 0 heterocycles. The first-order valence-electron chi connectivity index (χ1n) is 12.0. The third kappa shape index (κ3) is 3.11. The van der Waals surface area contributed by atoms with Gasteiger partial charge in [-0.2, -0.15) is 0 Å². The lowest BCUT2D eigenvalue weighted by Crippen LogP contribution is -2.65. The van der Waals surface area contributed by atoms with E-state index in [4.69, 9.17) is 4.74 Å². The van der Waals surface area contributed by atoms with Crippen molar-refractivity contribution in [2.24, 2.45) is 28.6 Å². The zero-order chi connectivity index (χ0) is 25.2. The Morgan fingerprint density at radius 3 is 2.59 bits per heavy atom. The number of fused-ring (bicyclic) bond motifs is 4. The number of Topliss-reactive ketones (excluding diaryl/α,β-unsaturated/α-hetero) is 1. The highest BCUT2D eigenvalue weighted by Crippen LogP contribution is 2.70. The van der Waals surface area contributed by atoms with E-state index in [1.165, 1.54) is 6.08 Å². The van der Waals surface area contributed by atoms with Crippen LogP contribution in [0.3, 0.4) is 0 Å². The van der Waals surface area contributed by atoms with Gasteiger partial charge in [0, 0.05) is 12.5 Å². The quantitative estimate of drug-likeness (QED) is 0.248. The van der Waals surface area contributed by atoms with Gasteiger partial charge in [0.2, 0.25) is 0 Å². The Kier molecular flexibility index (Phi) is 5.95. The molecule has 2 bridgehead atoms. The topological polar surface area (TPSA) is 104 Å². The minimum absolute atomic E-state index is 0.0469. The highest BCUT2D eigenvalue weighted by molar-refractivity contribution is 5.94. The Hall–Kier alpha value is -2.28. The maximum Gasteiger partial charge on any atom is 0.331 e. The first kappa shape index (κ1) is 24.8. The smallest absolute Gasteiger partial charge is 0.331 e. The van der Waals surface area contributed by atoms with E-state index in [1.807, 2.05) is 13.8 Å². The highest BCUT2D eigenvalue weighted by atomic mass is 16.6. The van der Waals surface area contributed by atoms with Gasteiger partial charge in [-0.3, -0.25) is 4.79 Å². The lowest BCUT2D eigenvalue weighted by molar-refractivity contribution is -0.200. The number of aliphatic hydroxyl groups excluding tert-OH is 2. The molecule has 0 amide bonds. The van der Waals surface area contributed by atoms with Crippen LogP contribution in [-0.4, -0.2) is 51.5 Å². The molecule has 0 aliphatic heterocycles. The van der Waals surface area contributed by atoms with Gasteiger partial charge in [-0.05, 0) is 66.2 Å². The Labute approximate surface area is 201 Å². The van der Waals surface area contributed by atoms with Gasteiger partial charge in [0.15, 0.2) is 11.7 Å². The molecule has 4 aliphatic carbocycles. The number of hydrogen-bond acceptors (Lipinski definition) is 6. The van der Waals surface area contributed by atoms with Crippen molar-refractivity contribution in [2.45, 2.75) is 65.3 Å². The van der Waals surface area contributed by atoms with Crippen LogP contribution in [0.5, 0.6) is 0 Å². The van der Waals surface area contributed by atoms with Gasteiger partial charge in [-0.25, -0.2) is 4.79 Å². The number of ketones is 1. The van der Waals surface area contributed by atoms with E-state index < -0.39 is 35.8 Å². The van der Waals surface area contributed by atoms with Gasteiger partial charge in [-0.15, -0.1) is 0 Å². The number of carbonyl (C=O) groups is 2. The molecule has 0 aromatic rings. The van der Waals surface area contributed by atoms with Crippen molar-refractivity contribution in [1.82, 2.24) is 0 Å². The van der Waals surface area contributed by atoms with Crippen LogP contribution in [0.2, 0.25) is 0 Å².